The first-order chi connectivity index (χ1) is 12.9. The molecule has 1 amide bonds. The maximum Gasteiger partial charge on any atom is 0.349 e. The van der Waals surface area contributed by atoms with Gasteiger partial charge in [-0.3, -0.25) is 14.9 Å². The van der Waals surface area contributed by atoms with E-state index in [9.17, 15) is 19.7 Å². The molecule has 10 heteroatoms. The summed E-state index contributed by atoms with van der Waals surface area (Å²) in [6.45, 7) is 1.42. The van der Waals surface area contributed by atoms with Crippen molar-refractivity contribution in [1.82, 2.24) is 0 Å². The highest BCUT2D eigenvalue weighted by Crippen LogP contribution is 2.29. The maximum absolute atomic E-state index is 12.3. The maximum atomic E-state index is 12.3. The molecule has 1 N–H and O–H groups in total. The Kier molecular flexibility index (Phi) is 5.16. The summed E-state index contributed by atoms with van der Waals surface area (Å²) in [7, 11) is 0. The Morgan fingerprint density at radius 2 is 2.11 bits per heavy atom. The Labute approximate surface area is 160 Å². The number of benzene rings is 1. The van der Waals surface area contributed by atoms with Crippen molar-refractivity contribution in [2.45, 2.75) is 13.0 Å². The van der Waals surface area contributed by atoms with Crippen LogP contribution < -0.4 is 5.32 Å². The lowest BCUT2D eigenvalue weighted by atomic mass is 10.2. The van der Waals surface area contributed by atoms with Crippen molar-refractivity contribution >= 4 is 55.3 Å². The molecule has 0 spiro atoms. The van der Waals surface area contributed by atoms with Crippen LogP contribution in [-0.4, -0.2) is 22.9 Å². The molecule has 0 unspecified atom stereocenters. The van der Waals surface area contributed by atoms with Crippen molar-refractivity contribution in [2.75, 3.05) is 5.32 Å². The van der Waals surface area contributed by atoms with Gasteiger partial charge in [-0.05, 0) is 30.5 Å². The van der Waals surface area contributed by atoms with E-state index in [1.54, 1.807) is 17.5 Å². The predicted octanol–water partition coefficient (Wildman–Crippen LogP) is 3.93. The summed E-state index contributed by atoms with van der Waals surface area (Å²) in [6.07, 6.45) is -1.08. The summed E-state index contributed by atoms with van der Waals surface area (Å²) in [6, 6.07) is 9.32. The van der Waals surface area contributed by atoms with E-state index in [-0.39, 0.29) is 10.6 Å². The van der Waals surface area contributed by atoms with Crippen LogP contribution in [-0.2, 0) is 9.53 Å². The molecule has 1 aromatic carbocycles. The van der Waals surface area contributed by atoms with E-state index < -0.39 is 22.9 Å². The number of carbonyl (C=O) groups excluding carboxylic acids is 2. The van der Waals surface area contributed by atoms with Gasteiger partial charge < -0.3 is 10.1 Å². The minimum Gasteiger partial charge on any atom is -0.448 e. The van der Waals surface area contributed by atoms with E-state index in [1.165, 1.54) is 36.5 Å². The van der Waals surface area contributed by atoms with Crippen molar-refractivity contribution in [3.05, 3.63) is 56.3 Å². The predicted molar refractivity (Wildman–Crippen MR) is 101 cm³/mol. The molecule has 3 aromatic rings. The van der Waals surface area contributed by atoms with Gasteiger partial charge in [0, 0.05) is 22.2 Å². The van der Waals surface area contributed by atoms with Crippen LogP contribution in [0.3, 0.4) is 0 Å². The molecule has 0 aliphatic rings. The molecule has 0 fully saturated rings. The highest BCUT2D eigenvalue weighted by Gasteiger charge is 2.22. The highest BCUT2D eigenvalue weighted by atomic mass is 32.1. The Bertz CT molecular complexity index is 1100. The van der Waals surface area contributed by atoms with Crippen molar-refractivity contribution in [3.8, 4) is 6.07 Å². The molecule has 0 aliphatic carbocycles. The first-order valence-electron chi connectivity index (χ1n) is 7.56. The van der Waals surface area contributed by atoms with Crippen LogP contribution in [0.25, 0.3) is 10.1 Å². The second-order valence-corrected chi connectivity index (χ2v) is 7.40. The van der Waals surface area contributed by atoms with Gasteiger partial charge in [-0.15, -0.1) is 22.7 Å². The topological polar surface area (TPSA) is 122 Å². The van der Waals surface area contributed by atoms with Gasteiger partial charge in [0.25, 0.3) is 11.6 Å². The monoisotopic (exact) mass is 401 g/mol. The van der Waals surface area contributed by atoms with E-state index in [0.29, 0.717) is 20.7 Å². The molecule has 2 heterocycles. The number of esters is 1. The average molecular weight is 401 g/mol. The second kappa shape index (κ2) is 7.53. The van der Waals surface area contributed by atoms with Gasteiger partial charge in [-0.1, -0.05) is 0 Å². The first-order valence-corrected chi connectivity index (χ1v) is 9.26. The Morgan fingerprint density at radius 1 is 1.33 bits per heavy atom. The third-order valence-corrected chi connectivity index (χ3v) is 5.51. The van der Waals surface area contributed by atoms with Crippen LogP contribution in [0, 0.1) is 21.4 Å². The molecule has 0 saturated carbocycles. The second-order valence-electron chi connectivity index (χ2n) is 5.40. The Hall–Kier alpha value is -3.29. The fourth-order valence-electron chi connectivity index (χ4n) is 2.22. The normalized spacial score (nSPS) is 11.6. The number of nitrogens with zero attached hydrogens (tertiary/aromatic N) is 2. The number of fused-ring (bicyclic) bond motifs is 1. The van der Waals surface area contributed by atoms with E-state index in [0.717, 1.165) is 11.3 Å². The zero-order valence-electron chi connectivity index (χ0n) is 13.8. The Balaban J connectivity index is 1.70. The van der Waals surface area contributed by atoms with Gasteiger partial charge in [-0.2, -0.15) is 5.26 Å². The molecule has 1 atom stereocenters. The lowest BCUT2D eigenvalue weighted by molar-refractivity contribution is -0.384. The summed E-state index contributed by atoms with van der Waals surface area (Å²) in [5.74, 6) is -1.26. The van der Waals surface area contributed by atoms with Gasteiger partial charge in [0.2, 0.25) is 0 Å². The number of amides is 1. The van der Waals surface area contributed by atoms with Gasteiger partial charge in [-0.25, -0.2) is 4.79 Å². The quantitative estimate of drug-likeness (QED) is 0.393. The van der Waals surface area contributed by atoms with Gasteiger partial charge in [0.05, 0.1) is 10.5 Å². The standard InChI is InChI=1S/C17H11N3O5S2/c1-9(15(21)19-16-10(8-18)4-5-26-16)25-17(22)14-7-11-6-12(20(23)24)2-3-13(11)27-14/h2-7,9H,1H3,(H,19,21)/t9-/m0/s1. The molecule has 3 rings (SSSR count). The molecule has 0 bridgehead atoms. The van der Waals surface area contributed by atoms with Crippen LogP contribution in [0.15, 0.2) is 35.7 Å². The summed E-state index contributed by atoms with van der Waals surface area (Å²) >= 11 is 2.31. The number of anilines is 1. The van der Waals surface area contributed by atoms with Gasteiger partial charge >= 0.3 is 5.97 Å². The first kappa shape index (κ1) is 18.5. The number of thiophene rings is 2. The lowest BCUT2D eigenvalue weighted by Crippen LogP contribution is -2.29. The Morgan fingerprint density at radius 3 is 2.81 bits per heavy atom. The molecule has 27 heavy (non-hydrogen) atoms. The van der Waals surface area contributed by atoms with Crippen LogP contribution in [0.4, 0.5) is 10.7 Å². The van der Waals surface area contributed by atoms with Crippen LogP contribution in [0.2, 0.25) is 0 Å². The van der Waals surface area contributed by atoms with Crippen molar-refractivity contribution in [1.29, 1.82) is 5.26 Å². The zero-order chi connectivity index (χ0) is 19.6. The molecule has 2 aromatic heterocycles. The van der Waals surface area contributed by atoms with Crippen molar-refractivity contribution < 1.29 is 19.2 Å². The largest absolute Gasteiger partial charge is 0.448 e. The fourth-order valence-corrected chi connectivity index (χ4v) is 3.89. The third kappa shape index (κ3) is 3.94. The molecular weight excluding hydrogens is 390 g/mol. The summed E-state index contributed by atoms with van der Waals surface area (Å²) in [4.78, 5) is 35.0. The van der Waals surface area contributed by atoms with E-state index in [2.05, 4.69) is 5.32 Å². The molecule has 0 aliphatic heterocycles. The number of nitriles is 1. The SMILES string of the molecule is C[C@H](OC(=O)c1cc2cc([N+](=O)[O-])ccc2s1)C(=O)Nc1sccc1C#N. The van der Waals surface area contributed by atoms with Crippen LogP contribution in [0.5, 0.6) is 0 Å². The van der Waals surface area contributed by atoms with Crippen molar-refractivity contribution in [2.24, 2.45) is 0 Å². The third-order valence-electron chi connectivity index (χ3n) is 3.59. The van der Waals surface area contributed by atoms with E-state index >= 15 is 0 Å². The van der Waals surface area contributed by atoms with Crippen LogP contribution >= 0.6 is 22.7 Å². The number of carbonyl (C=O) groups is 2. The highest BCUT2D eigenvalue weighted by molar-refractivity contribution is 7.20. The molecule has 136 valence electrons. The molecular formula is C17H11N3O5S2. The number of hydrogen-bond acceptors (Lipinski definition) is 8. The summed E-state index contributed by atoms with van der Waals surface area (Å²) < 4.78 is 5.87. The number of nitrogens with one attached hydrogen (secondary N) is 1. The number of rotatable bonds is 5. The van der Waals surface area contributed by atoms with E-state index in [4.69, 9.17) is 10.00 Å². The average Bonchev–Trinajstić information content (AvgIpc) is 3.26. The number of ether oxygens (including phenoxy) is 1. The number of nitro groups is 1. The lowest BCUT2D eigenvalue weighted by Gasteiger charge is -2.12. The van der Waals surface area contributed by atoms with Crippen LogP contribution in [0.1, 0.15) is 22.2 Å². The summed E-state index contributed by atoms with van der Waals surface area (Å²) in [5, 5.41) is 25.0. The van der Waals surface area contributed by atoms with Crippen molar-refractivity contribution in [3.63, 3.8) is 0 Å². The molecule has 0 radical (unpaired) electrons. The molecule has 0 saturated heterocycles. The zero-order valence-corrected chi connectivity index (χ0v) is 15.4. The minimum atomic E-state index is -1.08. The van der Waals surface area contributed by atoms with Gasteiger partial charge in [0.15, 0.2) is 6.10 Å². The molecule has 8 nitrogen and oxygen atoms in total. The van der Waals surface area contributed by atoms with E-state index in [1.807, 2.05) is 6.07 Å². The fraction of sp³-hybridized carbons (Fsp3) is 0.118. The minimum absolute atomic E-state index is 0.0720. The summed E-state index contributed by atoms with van der Waals surface area (Å²) in [5.41, 5.74) is 0.259. The smallest absolute Gasteiger partial charge is 0.349 e. The number of non-ortho nitro benzene ring substituents is 1. The number of nitro benzene ring substituents is 1. The number of hydrogen-bond donors (Lipinski definition) is 1. The van der Waals surface area contributed by atoms with Gasteiger partial charge in [0.1, 0.15) is 15.9 Å².